The first kappa shape index (κ1) is 13.8. The Morgan fingerprint density at radius 1 is 1.24 bits per heavy atom. The van der Waals surface area contributed by atoms with Gasteiger partial charge in [0.2, 0.25) is 0 Å². The molecule has 1 amide bonds. The van der Waals surface area contributed by atoms with Crippen molar-refractivity contribution in [3.05, 3.63) is 42.2 Å². The zero-order valence-corrected chi connectivity index (χ0v) is 11.9. The maximum Gasteiger partial charge on any atom is 0.276 e. The maximum absolute atomic E-state index is 12.4. The van der Waals surface area contributed by atoms with Crippen LogP contribution in [-0.2, 0) is 0 Å². The molecule has 21 heavy (non-hydrogen) atoms. The van der Waals surface area contributed by atoms with Gasteiger partial charge in [0, 0.05) is 13.1 Å². The van der Waals surface area contributed by atoms with Crippen molar-refractivity contribution in [1.29, 1.82) is 0 Å². The molecule has 1 aliphatic heterocycles. The van der Waals surface area contributed by atoms with Gasteiger partial charge in [0.25, 0.3) is 5.91 Å². The van der Waals surface area contributed by atoms with Gasteiger partial charge < -0.3 is 10.0 Å². The van der Waals surface area contributed by atoms with Crippen LogP contribution < -0.4 is 0 Å². The SMILES string of the molecule is CC1(O)CCN(C(=O)c2cn(-c3ccccc3)nn2)CC1. The number of para-hydroxylation sites is 1. The summed E-state index contributed by atoms with van der Waals surface area (Å²) in [4.78, 5) is 14.1. The van der Waals surface area contributed by atoms with E-state index in [1.165, 1.54) is 0 Å². The molecule has 0 aliphatic carbocycles. The molecule has 1 aromatic heterocycles. The molecule has 2 heterocycles. The summed E-state index contributed by atoms with van der Waals surface area (Å²) in [6.45, 7) is 2.90. The molecule has 0 radical (unpaired) electrons. The molecule has 110 valence electrons. The predicted octanol–water partition coefficient (Wildman–Crippen LogP) is 1.25. The van der Waals surface area contributed by atoms with Crippen molar-refractivity contribution < 1.29 is 9.90 Å². The van der Waals surface area contributed by atoms with Crippen LogP contribution in [-0.4, -0.2) is 49.6 Å². The van der Waals surface area contributed by atoms with Gasteiger partial charge in [-0.05, 0) is 31.9 Å². The number of benzene rings is 1. The van der Waals surface area contributed by atoms with Crippen LogP contribution in [0.3, 0.4) is 0 Å². The minimum atomic E-state index is -0.668. The maximum atomic E-state index is 12.4. The fraction of sp³-hybridized carbons (Fsp3) is 0.400. The van der Waals surface area contributed by atoms with E-state index in [4.69, 9.17) is 0 Å². The number of hydrogen-bond donors (Lipinski definition) is 1. The summed E-state index contributed by atoms with van der Waals surface area (Å²) >= 11 is 0. The van der Waals surface area contributed by atoms with Crippen LogP contribution in [0.1, 0.15) is 30.3 Å². The van der Waals surface area contributed by atoms with E-state index in [0.717, 1.165) is 5.69 Å². The zero-order chi connectivity index (χ0) is 14.9. The monoisotopic (exact) mass is 286 g/mol. The Morgan fingerprint density at radius 3 is 2.57 bits per heavy atom. The van der Waals surface area contributed by atoms with E-state index < -0.39 is 5.60 Å². The smallest absolute Gasteiger partial charge is 0.276 e. The van der Waals surface area contributed by atoms with Crippen LogP contribution in [0.25, 0.3) is 5.69 Å². The molecule has 6 heteroatoms. The number of aromatic nitrogens is 3. The van der Waals surface area contributed by atoms with Gasteiger partial charge in [0.05, 0.1) is 17.5 Å². The first-order valence-electron chi connectivity index (χ1n) is 7.05. The van der Waals surface area contributed by atoms with E-state index in [0.29, 0.717) is 31.6 Å². The molecule has 1 saturated heterocycles. The molecule has 3 rings (SSSR count). The molecule has 1 N–H and O–H groups in total. The van der Waals surface area contributed by atoms with Crippen LogP contribution in [0.4, 0.5) is 0 Å². The molecular formula is C15H18N4O2. The lowest BCUT2D eigenvalue weighted by molar-refractivity contribution is -0.00219. The molecule has 2 aromatic rings. The van der Waals surface area contributed by atoms with E-state index in [1.54, 1.807) is 22.7 Å². The molecule has 0 bridgehead atoms. The number of piperidine rings is 1. The van der Waals surface area contributed by atoms with E-state index in [2.05, 4.69) is 10.3 Å². The first-order valence-corrected chi connectivity index (χ1v) is 7.05. The average molecular weight is 286 g/mol. The van der Waals surface area contributed by atoms with Gasteiger partial charge in [-0.15, -0.1) is 5.10 Å². The van der Waals surface area contributed by atoms with Crippen molar-refractivity contribution in [2.45, 2.75) is 25.4 Å². The third-order valence-corrected chi connectivity index (χ3v) is 3.86. The minimum Gasteiger partial charge on any atom is -0.390 e. The van der Waals surface area contributed by atoms with Crippen molar-refractivity contribution in [3.63, 3.8) is 0 Å². The lowest BCUT2D eigenvalue weighted by Gasteiger charge is -2.35. The lowest BCUT2D eigenvalue weighted by atomic mass is 9.94. The number of carbonyl (C=O) groups is 1. The number of rotatable bonds is 2. The highest BCUT2D eigenvalue weighted by atomic mass is 16.3. The lowest BCUT2D eigenvalue weighted by Crippen LogP contribution is -2.45. The van der Waals surface area contributed by atoms with Crippen LogP contribution in [0.5, 0.6) is 0 Å². The Hall–Kier alpha value is -2.21. The fourth-order valence-corrected chi connectivity index (χ4v) is 2.42. The number of hydrogen-bond acceptors (Lipinski definition) is 4. The molecular weight excluding hydrogens is 268 g/mol. The van der Waals surface area contributed by atoms with Gasteiger partial charge >= 0.3 is 0 Å². The Bertz CT molecular complexity index is 626. The fourth-order valence-electron chi connectivity index (χ4n) is 2.42. The van der Waals surface area contributed by atoms with Crippen LogP contribution in [0, 0.1) is 0 Å². The highest BCUT2D eigenvalue weighted by molar-refractivity contribution is 5.92. The second-order valence-corrected chi connectivity index (χ2v) is 5.67. The van der Waals surface area contributed by atoms with E-state index in [-0.39, 0.29) is 5.91 Å². The Morgan fingerprint density at radius 2 is 1.90 bits per heavy atom. The second kappa shape index (κ2) is 5.29. The molecule has 0 spiro atoms. The number of nitrogens with zero attached hydrogens (tertiary/aromatic N) is 4. The van der Waals surface area contributed by atoms with Crippen molar-refractivity contribution >= 4 is 5.91 Å². The second-order valence-electron chi connectivity index (χ2n) is 5.67. The number of amides is 1. The molecule has 1 aliphatic rings. The number of carbonyl (C=O) groups excluding carboxylic acids is 1. The van der Waals surface area contributed by atoms with Crippen LogP contribution in [0.15, 0.2) is 36.5 Å². The summed E-state index contributed by atoms with van der Waals surface area (Å²) in [6, 6.07) is 9.55. The topological polar surface area (TPSA) is 71.2 Å². The standard InChI is InChI=1S/C15H18N4O2/c1-15(21)7-9-18(10-8-15)14(20)13-11-19(17-16-13)12-5-3-2-4-6-12/h2-6,11,21H,7-10H2,1H3. The zero-order valence-electron chi connectivity index (χ0n) is 11.9. The van der Waals surface area contributed by atoms with Gasteiger partial charge in [-0.2, -0.15) is 0 Å². The van der Waals surface area contributed by atoms with E-state index >= 15 is 0 Å². The quantitative estimate of drug-likeness (QED) is 0.902. The Kier molecular flexibility index (Phi) is 3.47. The largest absolute Gasteiger partial charge is 0.390 e. The van der Waals surface area contributed by atoms with E-state index in [1.807, 2.05) is 30.3 Å². The average Bonchev–Trinajstić information content (AvgIpc) is 2.97. The van der Waals surface area contributed by atoms with Crippen molar-refractivity contribution in [3.8, 4) is 5.69 Å². The molecule has 1 fully saturated rings. The van der Waals surface area contributed by atoms with Crippen molar-refractivity contribution in [2.24, 2.45) is 0 Å². The Labute approximate surface area is 123 Å². The summed E-state index contributed by atoms with van der Waals surface area (Å²) in [7, 11) is 0. The van der Waals surface area contributed by atoms with Crippen molar-refractivity contribution in [1.82, 2.24) is 19.9 Å². The summed E-state index contributed by atoms with van der Waals surface area (Å²) in [6.07, 6.45) is 2.82. The minimum absolute atomic E-state index is 0.132. The van der Waals surface area contributed by atoms with E-state index in [9.17, 15) is 9.90 Å². The van der Waals surface area contributed by atoms with Crippen LogP contribution >= 0.6 is 0 Å². The number of likely N-dealkylation sites (tertiary alicyclic amines) is 1. The first-order chi connectivity index (χ1) is 10.1. The third kappa shape index (κ3) is 2.95. The normalized spacial score (nSPS) is 17.7. The Balaban J connectivity index is 1.73. The summed E-state index contributed by atoms with van der Waals surface area (Å²) < 4.78 is 1.59. The van der Waals surface area contributed by atoms with Gasteiger partial charge in [-0.3, -0.25) is 4.79 Å². The summed E-state index contributed by atoms with van der Waals surface area (Å²) in [5, 5.41) is 17.9. The highest BCUT2D eigenvalue weighted by Crippen LogP contribution is 2.22. The summed E-state index contributed by atoms with van der Waals surface area (Å²) in [5.41, 5.74) is 0.532. The number of aliphatic hydroxyl groups is 1. The highest BCUT2D eigenvalue weighted by Gasteiger charge is 2.30. The van der Waals surface area contributed by atoms with Crippen LogP contribution in [0.2, 0.25) is 0 Å². The molecule has 0 unspecified atom stereocenters. The predicted molar refractivity (Wildman–Crippen MR) is 77.1 cm³/mol. The van der Waals surface area contributed by atoms with Gasteiger partial charge in [-0.25, -0.2) is 4.68 Å². The van der Waals surface area contributed by atoms with Gasteiger partial charge in [-0.1, -0.05) is 23.4 Å². The molecule has 0 saturated carbocycles. The molecule has 0 atom stereocenters. The summed E-state index contributed by atoms with van der Waals surface area (Å²) in [5.74, 6) is -0.132. The van der Waals surface area contributed by atoms with Gasteiger partial charge in [0.15, 0.2) is 5.69 Å². The van der Waals surface area contributed by atoms with Gasteiger partial charge in [0.1, 0.15) is 0 Å². The van der Waals surface area contributed by atoms with Crippen molar-refractivity contribution in [2.75, 3.05) is 13.1 Å². The molecule has 6 nitrogen and oxygen atoms in total. The molecule has 1 aromatic carbocycles. The third-order valence-electron chi connectivity index (χ3n) is 3.86.